The largest absolute Gasteiger partial charge is 0.370 e. The second kappa shape index (κ2) is 8.87. The predicted octanol–water partition coefficient (Wildman–Crippen LogP) is 3.24. The van der Waals surface area contributed by atoms with Gasteiger partial charge in [-0.15, -0.1) is 0 Å². The van der Waals surface area contributed by atoms with Crippen LogP contribution in [-0.2, 0) is 4.74 Å². The lowest BCUT2D eigenvalue weighted by atomic mass is 10.1. The first-order valence-corrected chi connectivity index (χ1v) is 9.06. The van der Waals surface area contributed by atoms with E-state index in [1.807, 2.05) is 43.3 Å². The summed E-state index contributed by atoms with van der Waals surface area (Å²) >= 11 is 5.93. The molecule has 1 aromatic carbocycles. The van der Waals surface area contributed by atoms with Crippen molar-refractivity contribution in [2.24, 2.45) is 0 Å². The van der Waals surface area contributed by atoms with Gasteiger partial charge in [-0.25, -0.2) is 9.78 Å². The molecular weight excluding hydrogens is 352 g/mol. The normalized spacial score (nSPS) is 17.0. The van der Waals surface area contributed by atoms with Crippen LogP contribution in [0, 0.1) is 6.92 Å². The van der Waals surface area contributed by atoms with Crippen LogP contribution in [-0.4, -0.2) is 48.7 Å². The van der Waals surface area contributed by atoms with Crippen molar-refractivity contribution in [2.75, 3.05) is 38.1 Å². The molecule has 3 rings (SSSR count). The lowest BCUT2D eigenvalue weighted by molar-refractivity contribution is -0.0153. The van der Waals surface area contributed by atoms with E-state index in [0.717, 1.165) is 16.9 Å². The van der Waals surface area contributed by atoms with Gasteiger partial charge in [0, 0.05) is 30.9 Å². The van der Waals surface area contributed by atoms with Crippen molar-refractivity contribution < 1.29 is 9.53 Å². The molecule has 0 bridgehead atoms. The van der Waals surface area contributed by atoms with Crippen LogP contribution in [0.5, 0.6) is 0 Å². The maximum absolute atomic E-state index is 12.4. The highest BCUT2D eigenvalue weighted by molar-refractivity contribution is 6.30. The van der Waals surface area contributed by atoms with E-state index in [4.69, 9.17) is 16.3 Å². The Morgan fingerprint density at radius 2 is 2.12 bits per heavy atom. The van der Waals surface area contributed by atoms with E-state index in [-0.39, 0.29) is 12.1 Å². The molecule has 2 amide bonds. The fourth-order valence-electron chi connectivity index (χ4n) is 2.85. The molecule has 1 aliphatic rings. The molecule has 1 atom stereocenters. The minimum absolute atomic E-state index is 0.0770. The Hall–Kier alpha value is -2.31. The van der Waals surface area contributed by atoms with Crippen molar-refractivity contribution in [3.05, 3.63) is 58.7 Å². The van der Waals surface area contributed by atoms with Crippen LogP contribution in [0.25, 0.3) is 0 Å². The van der Waals surface area contributed by atoms with Gasteiger partial charge in [-0.3, -0.25) is 0 Å². The Morgan fingerprint density at radius 1 is 1.31 bits per heavy atom. The lowest BCUT2D eigenvalue weighted by Crippen LogP contribution is -2.48. The van der Waals surface area contributed by atoms with Crippen molar-refractivity contribution in [1.29, 1.82) is 0 Å². The van der Waals surface area contributed by atoms with Gasteiger partial charge < -0.3 is 20.3 Å². The summed E-state index contributed by atoms with van der Waals surface area (Å²) in [6.45, 7) is 4.78. The number of nitrogens with zero attached hydrogens (tertiary/aromatic N) is 2. The van der Waals surface area contributed by atoms with E-state index in [0.29, 0.717) is 37.8 Å². The summed E-state index contributed by atoms with van der Waals surface area (Å²) in [5.74, 6) is 0.843. The number of morpholine rings is 1. The number of amides is 2. The molecule has 6 nitrogen and oxygen atoms in total. The molecule has 1 aliphatic heterocycles. The van der Waals surface area contributed by atoms with Gasteiger partial charge in [-0.1, -0.05) is 29.8 Å². The number of aromatic nitrogens is 1. The molecule has 1 aromatic heterocycles. The number of pyridine rings is 1. The highest BCUT2D eigenvalue weighted by atomic mass is 35.5. The molecule has 0 saturated carbocycles. The smallest absolute Gasteiger partial charge is 0.317 e. The van der Waals surface area contributed by atoms with Crippen molar-refractivity contribution in [3.8, 4) is 0 Å². The van der Waals surface area contributed by atoms with Crippen LogP contribution in [0.4, 0.5) is 10.6 Å². The van der Waals surface area contributed by atoms with E-state index < -0.39 is 0 Å². The zero-order chi connectivity index (χ0) is 18.4. The Balaban J connectivity index is 1.45. The number of carbonyl (C=O) groups excluding carboxylic acids is 1. The lowest BCUT2D eigenvalue weighted by Gasteiger charge is -2.33. The number of carbonyl (C=O) groups is 1. The van der Waals surface area contributed by atoms with Crippen LogP contribution >= 0.6 is 11.6 Å². The van der Waals surface area contributed by atoms with Crippen molar-refractivity contribution in [3.63, 3.8) is 0 Å². The third-order valence-corrected chi connectivity index (χ3v) is 4.55. The van der Waals surface area contributed by atoms with Gasteiger partial charge in [0.2, 0.25) is 0 Å². The fourth-order valence-corrected chi connectivity index (χ4v) is 2.97. The van der Waals surface area contributed by atoms with Gasteiger partial charge in [0.15, 0.2) is 0 Å². The molecular formula is C19H23ClN4O2. The van der Waals surface area contributed by atoms with Crippen molar-refractivity contribution >= 4 is 23.4 Å². The number of hydrogen-bond donors (Lipinski definition) is 2. The number of anilines is 1. The highest BCUT2D eigenvalue weighted by Crippen LogP contribution is 2.23. The minimum Gasteiger partial charge on any atom is -0.370 e. The highest BCUT2D eigenvalue weighted by Gasteiger charge is 2.25. The molecule has 2 N–H and O–H groups in total. The predicted molar refractivity (Wildman–Crippen MR) is 103 cm³/mol. The third-order valence-electron chi connectivity index (χ3n) is 4.30. The maximum Gasteiger partial charge on any atom is 0.317 e. The molecule has 0 radical (unpaired) electrons. The number of urea groups is 1. The molecule has 1 unspecified atom stereocenters. The van der Waals surface area contributed by atoms with E-state index >= 15 is 0 Å². The van der Waals surface area contributed by atoms with Crippen LogP contribution in [0.1, 0.15) is 17.2 Å². The standard InChI is InChI=1S/C19H23ClN4O2/c1-14-3-2-8-21-18(14)22-9-10-23-19(25)24-11-12-26-17(13-24)15-4-6-16(20)7-5-15/h2-8,17H,9-13H2,1H3,(H,21,22)(H,23,25). The Morgan fingerprint density at radius 3 is 2.88 bits per heavy atom. The summed E-state index contributed by atoms with van der Waals surface area (Å²) in [6.07, 6.45) is 1.62. The van der Waals surface area contributed by atoms with E-state index in [1.165, 1.54) is 0 Å². The van der Waals surface area contributed by atoms with Gasteiger partial charge in [0.25, 0.3) is 0 Å². The van der Waals surface area contributed by atoms with Crippen molar-refractivity contribution in [2.45, 2.75) is 13.0 Å². The molecule has 2 heterocycles. The van der Waals surface area contributed by atoms with Crippen LogP contribution in [0.3, 0.4) is 0 Å². The SMILES string of the molecule is Cc1cccnc1NCCNC(=O)N1CCOC(c2ccc(Cl)cc2)C1. The van der Waals surface area contributed by atoms with E-state index in [2.05, 4.69) is 15.6 Å². The average Bonchev–Trinajstić information content (AvgIpc) is 2.67. The summed E-state index contributed by atoms with van der Waals surface area (Å²) in [6, 6.07) is 11.4. The number of hydrogen-bond acceptors (Lipinski definition) is 4. The number of nitrogens with one attached hydrogen (secondary N) is 2. The number of halogens is 1. The summed E-state index contributed by atoms with van der Waals surface area (Å²) in [5, 5.41) is 6.86. The van der Waals surface area contributed by atoms with E-state index in [1.54, 1.807) is 11.1 Å². The third kappa shape index (κ3) is 4.86. The molecule has 1 fully saturated rings. The second-order valence-corrected chi connectivity index (χ2v) is 6.62. The quantitative estimate of drug-likeness (QED) is 0.788. The first-order chi connectivity index (χ1) is 12.6. The number of rotatable bonds is 5. The van der Waals surface area contributed by atoms with Crippen LogP contribution in [0.15, 0.2) is 42.6 Å². The summed E-state index contributed by atoms with van der Waals surface area (Å²) in [7, 11) is 0. The average molecular weight is 375 g/mol. The zero-order valence-corrected chi connectivity index (χ0v) is 15.5. The zero-order valence-electron chi connectivity index (χ0n) is 14.7. The van der Waals surface area contributed by atoms with Gasteiger partial charge in [0.1, 0.15) is 11.9 Å². The summed E-state index contributed by atoms with van der Waals surface area (Å²) in [4.78, 5) is 18.5. The van der Waals surface area contributed by atoms with Crippen LogP contribution < -0.4 is 10.6 Å². The number of ether oxygens (including phenoxy) is 1. The maximum atomic E-state index is 12.4. The topological polar surface area (TPSA) is 66.5 Å². The monoisotopic (exact) mass is 374 g/mol. The molecule has 0 aliphatic carbocycles. The first kappa shape index (κ1) is 18.5. The minimum atomic E-state index is -0.124. The Kier molecular flexibility index (Phi) is 6.30. The molecule has 138 valence electrons. The molecule has 26 heavy (non-hydrogen) atoms. The van der Waals surface area contributed by atoms with Gasteiger partial charge >= 0.3 is 6.03 Å². The molecule has 1 saturated heterocycles. The number of benzene rings is 1. The van der Waals surface area contributed by atoms with Gasteiger partial charge in [-0.2, -0.15) is 0 Å². The molecule has 0 spiro atoms. The summed E-state index contributed by atoms with van der Waals surface area (Å²) in [5.41, 5.74) is 2.11. The summed E-state index contributed by atoms with van der Waals surface area (Å²) < 4.78 is 5.80. The number of aryl methyl sites for hydroxylation is 1. The van der Waals surface area contributed by atoms with Gasteiger partial charge in [0.05, 0.1) is 13.2 Å². The fraction of sp³-hybridized carbons (Fsp3) is 0.368. The van der Waals surface area contributed by atoms with Crippen molar-refractivity contribution in [1.82, 2.24) is 15.2 Å². The molecule has 2 aromatic rings. The molecule has 7 heteroatoms. The first-order valence-electron chi connectivity index (χ1n) is 8.69. The van der Waals surface area contributed by atoms with Crippen LogP contribution in [0.2, 0.25) is 5.02 Å². The Bertz CT molecular complexity index is 739. The van der Waals surface area contributed by atoms with Gasteiger partial charge in [-0.05, 0) is 36.2 Å². The Labute approximate surface area is 158 Å². The van der Waals surface area contributed by atoms with E-state index in [9.17, 15) is 4.79 Å². The second-order valence-electron chi connectivity index (χ2n) is 6.18.